The summed E-state index contributed by atoms with van der Waals surface area (Å²) in [5.74, 6) is -0.0429. The number of nitrogens with zero attached hydrogens (tertiary/aromatic N) is 1. The Hall–Kier alpha value is -0.810. The van der Waals surface area contributed by atoms with Crippen LogP contribution in [0.3, 0.4) is 0 Å². The van der Waals surface area contributed by atoms with Crippen molar-refractivity contribution in [2.75, 3.05) is 32.2 Å². The van der Waals surface area contributed by atoms with Crippen LogP contribution in [0.2, 0.25) is 0 Å². The zero-order valence-corrected chi connectivity index (χ0v) is 11.9. The van der Waals surface area contributed by atoms with Crippen LogP contribution >= 0.6 is 11.6 Å². The zero-order chi connectivity index (χ0) is 13.8. The van der Waals surface area contributed by atoms with Crippen molar-refractivity contribution in [3.63, 3.8) is 0 Å². The summed E-state index contributed by atoms with van der Waals surface area (Å²) in [6.07, 6.45) is 0. The third-order valence-corrected chi connectivity index (χ3v) is 3.62. The van der Waals surface area contributed by atoms with Crippen molar-refractivity contribution < 1.29 is 14.3 Å². The average Bonchev–Trinajstić information content (AvgIpc) is 2.38. The molecule has 1 aliphatic rings. The molecule has 0 bridgehead atoms. The molecule has 0 aromatic heterocycles. The lowest BCUT2D eigenvalue weighted by atomic mass is 9.93. The summed E-state index contributed by atoms with van der Waals surface area (Å²) in [4.78, 5) is 25.9. The summed E-state index contributed by atoms with van der Waals surface area (Å²) in [6.45, 7) is 7.09. The van der Waals surface area contributed by atoms with Crippen LogP contribution in [0.15, 0.2) is 0 Å². The second-order valence-electron chi connectivity index (χ2n) is 5.00. The minimum atomic E-state index is -0.663. The highest BCUT2D eigenvalue weighted by Gasteiger charge is 2.39. The van der Waals surface area contributed by atoms with E-state index in [0.29, 0.717) is 19.7 Å². The lowest BCUT2D eigenvalue weighted by Gasteiger charge is -2.38. The van der Waals surface area contributed by atoms with Crippen LogP contribution in [0.25, 0.3) is 0 Å². The van der Waals surface area contributed by atoms with Gasteiger partial charge in [-0.1, -0.05) is 0 Å². The van der Waals surface area contributed by atoms with Gasteiger partial charge in [-0.3, -0.25) is 9.59 Å². The van der Waals surface area contributed by atoms with Gasteiger partial charge in [0.2, 0.25) is 11.8 Å². The lowest BCUT2D eigenvalue weighted by molar-refractivity contribution is -0.154. The minimum Gasteiger partial charge on any atom is -0.377 e. The molecule has 0 saturated carbocycles. The molecule has 2 amide bonds. The van der Waals surface area contributed by atoms with Gasteiger partial charge < -0.3 is 15.0 Å². The Morgan fingerprint density at radius 1 is 1.50 bits per heavy atom. The standard InChI is InChI=1S/C12H21ClN2O3/c1-4-14-10(16)9-7-18-6-5-15(9)11(17)12(2,3)8-13/h9H,4-8H2,1-3H3,(H,14,16). The van der Waals surface area contributed by atoms with E-state index in [1.54, 1.807) is 18.7 Å². The molecule has 18 heavy (non-hydrogen) atoms. The zero-order valence-electron chi connectivity index (χ0n) is 11.2. The van der Waals surface area contributed by atoms with E-state index in [0.717, 1.165) is 0 Å². The Morgan fingerprint density at radius 2 is 2.17 bits per heavy atom. The number of hydrogen-bond donors (Lipinski definition) is 1. The number of alkyl halides is 1. The molecule has 0 spiro atoms. The monoisotopic (exact) mass is 276 g/mol. The second kappa shape index (κ2) is 6.38. The van der Waals surface area contributed by atoms with E-state index >= 15 is 0 Å². The van der Waals surface area contributed by atoms with Gasteiger partial charge in [-0.2, -0.15) is 0 Å². The summed E-state index contributed by atoms with van der Waals surface area (Å²) in [5, 5.41) is 2.72. The summed E-state index contributed by atoms with van der Waals surface area (Å²) in [6, 6.07) is -0.548. The van der Waals surface area contributed by atoms with E-state index in [2.05, 4.69) is 5.32 Å². The summed E-state index contributed by atoms with van der Waals surface area (Å²) < 4.78 is 5.29. The number of rotatable bonds is 4. The third-order valence-electron chi connectivity index (χ3n) is 2.96. The van der Waals surface area contributed by atoms with E-state index in [-0.39, 0.29) is 24.3 Å². The number of ether oxygens (including phenoxy) is 1. The van der Waals surface area contributed by atoms with Crippen LogP contribution in [0.4, 0.5) is 0 Å². The SMILES string of the molecule is CCNC(=O)C1COCCN1C(=O)C(C)(C)CCl. The van der Waals surface area contributed by atoms with Gasteiger partial charge in [-0.25, -0.2) is 0 Å². The molecule has 1 saturated heterocycles. The maximum Gasteiger partial charge on any atom is 0.245 e. The van der Waals surface area contributed by atoms with Crippen LogP contribution in [0, 0.1) is 5.41 Å². The summed E-state index contributed by atoms with van der Waals surface area (Å²) in [5.41, 5.74) is -0.663. The smallest absolute Gasteiger partial charge is 0.245 e. The van der Waals surface area contributed by atoms with Gasteiger partial charge in [0, 0.05) is 19.0 Å². The van der Waals surface area contributed by atoms with E-state index in [4.69, 9.17) is 16.3 Å². The number of amides is 2. The molecule has 1 fully saturated rings. The van der Waals surface area contributed by atoms with Gasteiger partial charge in [-0.15, -0.1) is 11.6 Å². The van der Waals surface area contributed by atoms with Crippen molar-refractivity contribution in [2.24, 2.45) is 5.41 Å². The molecule has 0 aliphatic carbocycles. The predicted octanol–water partition coefficient (Wildman–Crippen LogP) is 0.615. The van der Waals surface area contributed by atoms with Crippen LogP contribution < -0.4 is 5.32 Å². The van der Waals surface area contributed by atoms with Gasteiger partial charge in [0.15, 0.2) is 0 Å². The molecule has 0 aromatic rings. The summed E-state index contributed by atoms with van der Waals surface area (Å²) in [7, 11) is 0. The molecule has 1 rings (SSSR count). The molecule has 1 aliphatic heterocycles. The molecule has 5 nitrogen and oxygen atoms in total. The highest BCUT2D eigenvalue weighted by molar-refractivity contribution is 6.19. The van der Waals surface area contributed by atoms with Gasteiger partial charge in [0.1, 0.15) is 6.04 Å². The first-order chi connectivity index (χ1) is 8.44. The fourth-order valence-electron chi connectivity index (χ4n) is 1.80. The largest absolute Gasteiger partial charge is 0.377 e. The number of morpholine rings is 1. The number of hydrogen-bond acceptors (Lipinski definition) is 3. The Kier molecular flexibility index (Phi) is 5.41. The van der Waals surface area contributed by atoms with E-state index in [9.17, 15) is 9.59 Å². The Balaban J connectivity index is 2.82. The topological polar surface area (TPSA) is 58.6 Å². The van der Waals surface area contributed by atoms with Crippen LogP contribution in [0.5, 0.6) is 0 Å². The third kappa shape index (κ3) is 3.36. The molecule has 1 atom stereocenters. The highest BCUT2D eigenvalue weighted by Crippen LogP contribution is 2.23. The predicted molar refractivity (Wildman–Crippen MR) is 69.5 cm³/mol. The van der Waals surface area contributed by atoms with Crippen molar-refractivity contribution in [3.05, 3.63) is 0 Å². The molecular formula is C12H21ClN2O3. The van der Waals surface area contributed by atoms with E-state index in [1.165, 1.54) is 0 Å². The Morgan fingerprint density at radius 3 is 2.72 bits per heavy atom. The molecule has 6 heteroatoms. The molecule has 0 radical (unpaired) electrons. The minimum absolute atomic E-state index is 0.1000. The lowest BCUT2D eigenvalue weighted by Crippen LogP contribution is -2.58. The molecule has 104 valence electrons. The molecule has 1 heterocycles. The molecular weight excluding hydrogens is 256 g/mol. The number of likely N-dealkylation sites (N-methyl/N-ethyl adjacent to an activating group) is 1. The van der Waals surface area contributed by atoms with Gasteiger partial charge in [0.05, 0.1) is 18.6 Å². The van der Waals surface area contributed by atoms with Crippen molar-refractivity contribution in [1.29, 1.82) is 0 Å². The highest BCUT2D eigenvalue weighted by atomic mass is 35.5. The number of carbonyl (C=O) groups excluding carboxylic acids is 2. The number of carbonyl (C=O) groups is 2. The van der Waals surface area contributed by atoms with Crippen molar-refractivity contribution in [1.82, 2.24) is 10.2 Å². The quantitative estimate of drug-likeness (QED) is 0.766. The van der Waals surface area contributed by atoms with Crippen molar-refractivity contribution in [2.45, 2.75) is 26.8 Å². The maximum atomic E-state index is 12.4. The first kappa shape index (κ1) is 15.2. The first-order valence-electron chi connectivity index (χ1n) is 6.16. The first-order valence-corrected chi connectivity index (χ1v) is 6.70. The second-order valence-corrected chi connectivity index (χ2v) is 5.27. The average molecular weight is 277 g/mol. The number of nitrogens with one attached hydrogen (secondary N) is 1. The van der Waals surface area contributed by atoms with Gasteiger partial charge in [0.25, 0.3) is 0 Å². The summed E-state index contributed by atoms with van der Waals surface area (Å²) >= 11 is 5.82. The Bertz CT molecular complexity index is 320. The van der Waals surface area contributed by atoms with E-state index < -0.39 is 11.5 Å². The van der Waals surface area contributed by atoms with Gasteiger partial charge in [-0.05, 0) is 20.8 Å². The van der Waals surface area contributed by atoms with Crippen molar-refractivity contribution >= 4 is 23.4 Å². The van der Waals surface area contributed by atoms with E-state index in [1.807, 2.05) is 6.92 Å². The van der Waals surface area contributed by atoms with Crippen LogP contribution in [-0.2, 0) is 14.3 Å². The fraction of sp³-hybridized carbons (Fsp3) is 0.833. The molecule has 1 unspecified atom stereocenters. The van der Waals surface area contributed by atoms with Crippen LogP contribution in [0.1, 0.15) is 20.8 Å². The van der Waals surface area contributed by atoms with Gasteiger partial charge >= 0.3 is 0 Å². The Labute approximate surface area is 113 Å². The van der Waals surface area contributed by atoms with Crippen molar-refractivity contribution in [3.8, 4) is 0 Å². The fourth-order valence-corrected chi connectivity index (χ4v) is 1.92. The molecule has 0 aromatic carbocycles. The maximum absolute atomic E-state index is 12.4. The van der Waals surface area contributed by atoms with Crippen LogP contribution in [-0.4, -0.2) is 54.9 Å². The number of halogens is 1. The normalized spacial score (nSPS) is 20.7. The molecule has 1 N–H and O–H groups in total.